The summed E-state index contributed by atoms with van der Waals surface area (Å²) in [5.74, 6) is 2.54. The Balaban J connectivity index is 1.58. The molecule has 2 aromatic heterocycles. The molecule has 3 atom stereocenters. The first-order valence-electron chi connectivity index (χ1n) is 7.75. The summed E-state index contributed by atoms with van der Waals surface area (Å²) >= 11 is 9.34. The Hall–Kier alpha value is -0.380. The average Bonchev–Trinajstić information content (AvgIpc) is 3.26. The first-order valence-corrected chi connectivity index (χ1v) is 13.7. The highest BCUT2D eigenvalue weighted by Crippen LogP contribution is 2.75. The van der Waals surface area contributed by atoms with Crippen LogP contribution in [-0.2, 0) is 21.1 Å². The van der Waals surface area contributed by atoms with Crippen LogP contribution in [0.4, 0.5) is 5.82 Å². The van der Waals surface area contributed by atoms with E-state index in [1.54, 1.807) is 29.1 Å². The fourth-order valence-electron chi connectivity index (χ4n) is 2.99. The molecule has 0 spiro atoms. The van der Waals surface area contributed by atoms with E-state index < -0.39 is 4.67 Å². The molecular weight excluding hydrogens is 385 g/mol. The maximum Gasteiger partial charge on any atom is 0.175 e. The van der Waals surface area contributed by atoms with Gasteiger partial charge in [-0.25, -0.2) is 15.0 Å². The molecule has 0 radical (unpaired) electrons. The second-order valence-corrected chi connectivity index (χ2v) is 16.3. The van der Waals surface area contributed by atoms with Crippen molar-refractivity contribution in [1.82, 2.24) is 19.5 Å². The number of anilines is 1. The first-order chi connectivity index (χ1) is 11.6. The number of hydrogen-bond donors (Lipinski definition) is 1. The Morgan fingerprint density at radius 3 is 2.96 bits per heavy atom. The van der Waals surface area contributed by atoms with Gasteiger partial charge in [-0.05, 0) is 18.2 Å². The van der Waals surface area contributed by atoms with Crippen molar-refractivity contribution in [2.24, 2.45) is 0 Å². The molecule has 2 aromatic rings. The third kappa shape index (κ3) is 3.08. The van der Waals surface area contributed by atoms with Gasteiger partial charge >= 0.3 is 0 Å². The molecule has 4 rings (SSSR count). The number of nitrogens with two attached hydrogens (primary N) is 1. The van der Waals surface area contributed by atoms with Gasteiger partial charge in [0.05, 0.1) is 18.5 Å². The SMILES string of the molecule is CC[C@H]1O[C@@H](n2cnc3c(N)ncnc32)C[C@@H]1OP1(=S)SCCS1. The first kappa shape index (κ1) is 17.1. The maximum atomic E-state index is 6.36. The number of imidazole rings is 1. The molecule has 2 aliphatic heterocycles. The van der Waals surface area contributed by atoms with Crippen molar-refractivity contribution in [3.05, 3.63) is 12.7 Å². The van der Waals surface area contributed by atoms with Gasteiger partial charge in [0, 0.05) is 17.9 Å². The molecule has 0 aromatic carbocycles. The molecule has 0 saturated carbocycles. The monoisotopic (exact) mass is 403 g/mol. The van der Waals surface area contributed by atoms with Crippen molar-refractivity contribution in [3.8, 4) is 0 Å². The second-order valence-electron chi connectivity index (χ2n) is 5.61. The van der Waals surface area contributed by atoms with Gasteiger partial charge in [0.1, 0.15) is 18.1 Å². The zero-order valence-electron chi connectivity index (χ0n) is 13.1. The minimum atomic E-state index is -1.81. The van der Waals surface area contributed by atoms with Crippen LogP contribution in [0.1, 0.15) is 26.0 Å². The minimum Gasteiger partial charge on any atom is -0.382 e. The largest absolute Gasteiger partial charge is 0.382 e. The van der Waals surface area contributed by atoms with Gasteiger partial charge in [-0.2, -0.15) is 0 Å². The predicted octanol–water partition coefficient (Wildman–Crippen LogP) is 3.20. The van der Waals surface area contributed by atoms with E-state index in [9.17, 15) is 0 Å². The summed E-state index contributed by atoms with van der Waals surface area (Å²) in [6, 6.07) is 0. The fraction of sp³-hybridized carbons (Fsp3) is 0.615. The lowest BCUT2D eigenvalue weighted by molar-refractivity contribution is -0.0124. The van der Waals surface area contributed by atoms with Crippen LogP contribution >= 0.6 is 27.4 Å². The lowest BCUT2D eigenvalue weighted by Gasteiger charge is -2.22. The van der Waals surface area contributed by atoms with Crippen molar-refractivity contribution >= 4 is 56.2 Å². The number of ether oxygens (including phenoxy) is 1. The summed E-state index contributed by atoms with van der Waals surface area (Å²) < 4.78 is 12.7. The van der Waals surface area contributed by atoms with E-state index in [1.807, 2.05) is 4.57 Å². The zero-order chi connectivity index (χ0) is 16.7. The topological polar surface area (TPSA) is 88.1 Å². The van der Waals surface area contributed by atoms with Crippen LogP contribution in [0.5, 0.6) is 0 Å². The Labute approximate surface area is 153 Å². The third-order valence-electron chi connectivity index (χ3n) is 4.13. The van der Waals surface area contributed by atoms with Crippen LogP contribution in [0, 0.1) is 0 Å². The molecule has 130 valence electrons. The van der Waals surface area contributed by atoms with Crippen LogP contribution in [0.15, 0.2) is 12.7 Å². The van der Waals surface area contributed by atoms with Crippen molar-refractivity contribution < 1.29 is 9.26 Å². The summed E-state index contributed by atoms with van der Waals surface area (Å²) in [4.78, 5) is 12.6. The molecule has 4 heterocycles. The zero-order valence-corrected chi connectivity index (χ0v) is 16.4. The Kier molecular flexibility index (Phi) is 4.79. The van der Waals surface area contributed by atoms with Crippen LogP contribution in [-0.4, -0.2) is 43.2 Å². The predicted molar refractivity (Wildman–Crippen MR) is 103 cm³/mol. The maximum absolute atomic E-state index is 6.36. The molecule has 2 fully saturated rings. The van der Waals surface area contributed by atoms with Gasteiger partial charge in [0.2, 0.25) is 0 Å². The van der Waals surface area contributed by atoms with E-state index in [1.165, 1.54) is 6.33 Å². The van der Waals surface area contributed by atoms with E-state index >= 15 is 0 Å². The van der Waals surface area contributed by atoms with E-state index in [4.69, 9.17) is 26.8 Å². The molecule has 7 nitrogen and oxygen atoms in total. The molecule has 2 N–H and O–H groups in total. The van der Waals surface area contributed by atoms with Crippen molar-refractivity contribution in [1.29, 1.82) is 0 Å². The number of fused-ring (bicyclic) bond motifs is 1. The summed E-state index contributed by atoms with van der Waals surface area (Å²) in [5.41, 5.74) is 7.16. The number of rotatable bonds is 4. The molecule has 0 unspecified atom stereocenters. The number of nitrogens with zero attached hydrogens (tertiary/aromatic N) is 4. The standard InChI is InChI=1S/C13H18N5O2PS3/c1-2-8-9(20-21(22)23-3-4-24-21)5-10(19-8)18-7-17-11-12(14)15-6-16-13(11)18/h6-10H,2-5H2,1H3,(H2,14,15,16)/t8-,9+,10-/m1/s1. The molecule has 24 heavy (non-hydrogen) atoms. The normalized spacial score (nSPS) is 29.5. The Morgan fingerprint density at radius 2 is 2.21 bits per heavy atom. The number of aromatic nitrogens is 4. The van der Waals surface area contributed by atoms with Crippen molar-refractivity contribution in [2.45, 2.75) is 38.2 Å². The summed E-state index contributed by atoms with van der Waals surface area (Å²) in [7, 11) is 0. The van der Waals surface area contributed by atoms with E-state index in [-0.39, 0.29) is 18.4 Å². The molecule has 0 bridgehead atoms. The van der Waals surface area contributed by atoms with E-state index in [0.29, 0.717) is 17.0 Å². The van der Waals surface area contributed by atoms with Gasteiger partial charge < -0.3 is 15.0 Å². The van der Waals surface area contributed by atoms with Crippen molar-refractivity contribution in [3.63, 3.8) is 0 Å². The highest BCUT2D eigenvalue weighted by Gasteiger charge is 2.40. The molecule has 2 aliphatic rings. The average molecular weight is 403 g/mol. The van der Waals surface area contributed by atoms with Gasteiger partial charge in [-0.3, -0.25) is 4.57 Å². The fourth-order valence-corrected chi connectivity index (χ4v) is 12.4. The minimum absolute atomic E-state index is 0.0144. The lowest BCUT2D eigenvalue weighted by atomic mass is 10.1. The highest BCUT2D eigenvalue weighted by atomic mass is 33.2. The quantitative estimate of drug-likeness (QED) is 0.773. The molecule has 11 heteroatoms. The number of nitrogen functional groups attached to an aromatic ring is 1. The summed E-state index contributed by atoms with van der Waals surface area (Å²) in [5, 5.41) is 0. The van der Waals surface area contributed by atoms with Crippen LogP contribution in [0.3, 0.4) is 0 Å². The van der Waals surface area contributed by atoms with Gasteiger partial charge in [-0.1, -0.05) is 29.7 Å². The van der Waals surface area contributed by atoms with Crippen LogP contribution in [0.25, 0.3) is 11.2 Å². The van der Waals surface area contributed by atoms with Gasteiger partial charge in [-0.15, -0.1) is 0 Å². The Bertz CT molecular complexity index is 793. The summed E-state index contributed by atoms with van der Waals surface area (Å²) in [6.45, 7) is 2.11. The van der Waals surface area contributed by atoms with Crippen molar-refractivity contribution in [2.75, 3.05) is 17.2 Å². The lowest BCUT2D eigenvalue weighted by Crippen LogP contribution is -2.21. The van der Waals surface area contributed by atoms with Crippen LogP contribution in [0.2, 0.25) is 0 Å². The van der Waals surface area contributed by atoms with Gasteiger partial charge in [0.25, 0.3) is 0 Å². The molecular formula is C13H18N5O2PS3. The number of hydrogen-bond acceptors (Lipinski definition) is 9. The highest BCUT2D eigenvalue weighted by molar-refractivity contribution is 9.00. The molecule has 2 saturated heterocycles. The Morgan fingerprint density at radius 1 is 1.42 bits per heavy atom. The van der Waals surface area contributed by atoms with E-state index in [2.05, 4.69) is 21.9 Å². The van der Waals surface area contributed by atoms with Gasteiger partial charge in [0.15, 0.2) is 16.1 Å². The summed E-state index contributed by atoms with van der Waals surface area (Å²) in [6.07, 6.45) is 4.68. The third-order valence-corrected chi connectivity index (χ3v) is 13.9. The second kappa shape index (κ2) is 6.74. The smallest absolute Gasteiger partial charge is 0.175 e. The molecule has 0 amide bonds. The molecule has 0 aliphatic carbocycles. The van der Waals surface area contributed by atoms with E-state index in [0.717, 1.165) is 24.3 Å². The van der Waals surface area contributed by atoms with Crippen LogP contribution < -0.4 is 5.73 Å².